The van der Waals surface area contributed by atoms with Crippen molar-refractivity contribution in [1.82, 2.24) is 10.3 Å². The Morgan fingerprint density at radius 2 is 2.15 bits per heavy atom. The summed E-state index contributed by atoms with van der Waals surface area (Å²) >= 11 is 1.77. The van der Waals surface area contributed by atoms with Gasteiger partial charge in [0.1, 0.15) is 11.5 Å². The summed E-state index contributed by atoms with van der Waals surface area (Å²) in [5.74, 6) is 1.93. The van der Waals surface area contributed by atoms with E-state index in [2.05, 4.69) is 31.1 Å². The Kier molecular flexibility index (Phi) is 5.20. The highest BCUT2D eigenvalue weighted by atomic mass is 32.1. The number of thiazole rings is 1. The lowest BCUT2D eigenvalue weighted by Crippen LogP contribution is -2.15. The summed E-state index contributed by atoms with van der Waals surface area (Å²) in [5.41, 5.74) is 1.20. The molecule has 0 aromatic carbocycles. The van der Waals surface area contributed by atoms with E-state index in [4.69, 9.17) is 9.40 Å². The Morgan fingerprint density at radius 3 is 2.75 bits per heavy atom. The van der Waals surface area contributed by atoms with Gasteiger partial charge in [-0.1, -0.05) is 13.8 Å². The number of rotatable bonds is 7. The highest BCUT2D eigenvalue weighted by Crippen LogP contribution is 2.27. The molecule has 110 valence electrons. The molecule has 2 aromatic rings. The number of nitrogens with one attached hydrogen (secondary N) is 1. The molecule has 0 spiro atoms. The van der Waals surface area contributed by atoms with E-state index in [-0.39, 0.29) is 0 Å². The lowest BCUT2D eigenvalue weighted by molar-refractivity contribution is 0.481. The lowest BCUT2D eigenvalue weighted by atomic mass is 10.3. The zero-order valence-corrected chi connectivity index (χ0v) is 13.5. The second-order valence-corrected chi connectivity index (χ2v) is 5.93. The molecule has 2 aromatic heterocycles. The summed E-state index contributed by atoms with van der Waals surface area (Å²) in [6, 6.07) is 4.03. The van der Waals surface area contributed by atoms with Gasteiger partial charge in [0.15, 0.2) is 5.13 Å². The standard InChI is InChI=1S/C15H23N3OS/c1-5-13-14(9-16-6-2)20-15(17-13)18(4)10-12-8-7-11(3)19-12/h7-8,16H,5-6,9-10H2,1-4H3. The lowest BCUT2D eigenvalue weighted by Gasteiger charge is -2.13. The van der Waals surface area contributed by atoms with Crippen LogP contribution in [0.5, 0.6) is 0 Å². The van der Waals surface area contributed by atoms with Crippen LogP contribution in [-0.4, -0.2) is 18.6 Å². The van der Waals surface area contributed by atoms with Crippen LogP contribution in [-0.2, 0) is 19.5 Å². The maximum Gasteiger partial charge on any atom is 0.185 e. The fourth-order valence-electron chi connectivity index (χ4n) is 2.06. The molecule has 5 heteroatoms. The number of aromatic nitrogens is 1. The molecule has 0 atom stereocenters. The van der Waals surface area contributed by atoms with Crippen LogP contribution in [0.15, 0.2) is 16.5 Å². The van der Waals surface area contributed by atoms with Crippen LogP contribution in [0.4, 0.5) is 5.13 Å². The van der Waals surface area contributed by atoms with Gasteiger partial charge < -0.3 is 14.6 Å². The molecule has 0 aliphatic rings. The third-order valence-electron chi connectivity index (χ3n) is 3.15. The van der Waals surface area contributed by atoms with Crippen LogP contribution in [0.3, 0.4) is 0 Å². The van der Waals surface area contributed by atoms with Gasteiger partial charge in [0.05, 0.1) is 12.2 Å². The van der Waals surface area contributed by atoms with Crippen molar-refractivity contribution in [2.45, 2.75) is 40.3 Å². The molecule has 0 aliphatic heterocycles. The van der Waals surface area contributed by atoms with Gasteiger partial charge in [-0.25, -0.2) is 4.98 Å². The largest absolute Gasteiger partial charge is 0.464 e. The zero-order valence-electron chi connectivity index (χ0n) is 12.7. The van der Waals surface area contributed by atoms with Gasteiger partial charge in [0, 0.05) is 18.5 Å². The van der Waals surface area contributed by atoms with Crippen molar-refractivity contribution in [3.8, 4) is 0 Å². The number of hydrogen-bond acceptors (Lipinski definition) is 5. The third-order valence-corrected chi connectivity index (χ3v) is 4.36. The van der Waals surface area contributed by atoms with E-state index < -0.39 is 0 Å². The Morgan fingerprint density at radius 1 is 1.35 bits per heavy atom. The van der Waals surface area contributed by atoms with Gasteiger partial charge in [0.25, 0.3) is 0 Å². The molecular weight excluding hydrogens is 270 g/mol. The van der Waals surface area contributed by atoms with Crippen LogP contribution in [0.25, 0.3) is 0 Å². The summed E-state index contributed by atoms with van der Waals surface area (Å²) < 4.78 is 5.63. The van der Waals surface area contributed by atoms with Crippen LogP contribution < -0.4 is 10.2 Å². The molecule has 0 bridgehead atoms. The van der Waals surface area contributed by atoms with Crippen molar-refractivity contribution in [2.75, 3.05) is 18.5 Å². The smallest absolute Gasteiger partial charge is 0.185 e. The molecule has 4 nitrogen and oxygen atoms in total. The molecule has 20 heavy (non-hydrogen) atoms. The Balaban J connectivity index is 2.09. The molecule has 1 N–H and O–H groups in total. The molecule has 0 saturated carbocycles. The minimum absolute atomic E-state index is 0.755. The fraction of sp³-hybridized carbons (Fsp3) is 0.533. The summed E-state index contributed by atoms with van der Waals surface area (Å²) in [4.78, 5) is 8.24. The fourth-order valence-corrected chi connectivity index (χ4v) is 3.14. The Bertz CT molecular complexity index is 547. The van der Waals surface area contributed by atoms with Crippen LogP contribution >= 0.6 is 11.3 Å². The SMILES string of the molecule is CCNCc1sc(N(C)Cc2ccc(C)o2)nc1CC. The summed E-state index contributed by atoms with van der Waals surface area (Å²) in [5, 5.41) is 4.44. The molecule has 0 unspecified atom stereocenters. The monoisotopic (exact) mass is 293 g/mol. The van der Waals surface area contributed by atoms with Crippen molar-refractivity contribution in [3.63, 3.8) is 0 Å². The maximum atomic E-state index is 5.63. The van der Waals surface area contributed by atoms with Crippen molar-refractivity contribution < 1.29 is 4.42 Å². The topological polar surface area (TPSA) is 41.3 Å². The normalized spacial score (nSPS) is 11.0. The number of anilines is 1. The molecule has 0 aliphatic carbocycles. The Hall–Kier alpha value is -1.33. The van der Waals surface area contributed by atoms with Crippen LogP contribution in [0.1, 0.15) is 35.9 Å². The second kappa shape index (κ2) is 6.90. The van der Waals surface area contributed by atoms with Crippen molar-refractivity contribution in [2.24, 2.45) is 0 Å². The van der Waals surface area contributed by atoms with Gasteiger partial charge in [-0.05, 0) is 32.0 Å². The molecule has 0 radical (unpaired) electrons. The van der Waals surface area contributed by atoms with Gasteiger partial charge in [-0.15, -0.1) is 11.3 Å². The first-order chi connectivity index (χ1) is 9.63. The van der Waals surface area contributed by atoms with Crippen molar-refractivity contribution >= 4 is 16.5 Å². The zero-order chi connectivity index (χ0) is 14.5. The number of furan rings is 1. The van der Waals surface area contributed by atoms with Crippen LogP contribution in [0.2, 0.25) is 0 Å². The maximum absolute atomic E-state index is 5.63. The quantitative estimate of drug-likeness (QED) is 0.850. The van der Waals surface area contributed by atoms with E-state index in [0.717, 1.165) is 42.7 Å². The second-order valence-electron chi connectivity index (χ2n) is 4.87. The molecule has 2 rings (SSSR count). The summed E-state index contributed by atoms with van der Waals surface area (Å²) in [6.07, 6.45) is 0.977. The number of nitrogens with zero attached hydrogens (tertiary/aromatic N) is 2. The molecule has 2 heterocycles. The number of aryl methyl sites for hydroxylation is 2. The molecule has 0 saturated heterocycles. The molecule has 0 amide bonds. The van der Waals surface area contributed by atoms with Gasteiger partial charge in [-0.3, -0.25) is 0 Å². The third kappa shape index (κ3) is 3.61. The van der Waals surface area contributed by atoms with Gasteiger partial charge in [0.2, 0.25) is 0 Å². The van der Waals surface area contributed by atoms with E-state index in [1.54, 1.807) is 11.3 Å². The average molecular weight is 293 g/mol. The average Bonchev–Trinajstić information content (AvgIpc) is 3.02. The van der Waals surface area contributed by atoms with Gasteiger partial charge in [-0.2, -0.15) is 0 Å². The minimum Gasteiger partial charge on any atom is -0.464 e. The predicted molar refractivity (Wildman–Crippen MR) is 84.4 cm³/mol. The summed E-state index contributed by atoms with van der Waals surface area (Å²) in [6.45, 7) is 8.90. The first-order valence-corrected chi connectivity index (χ1v) is 7.91. The first-order valence-electron chi connectivity index (χ1n) is 7.09. The number of hydrogen-bond donors (Lipinski definition) is 1. The van der Waals surface area contributed by atoms with E-state index in [0.29, 0.717) is 0 Å². The van der Waals surface area contributed by atoms with Crippen molar-refractivity contribution in [3.05, 3.63) is 34.2 Å². The predicted octanol–water partition coefficient (Wildman–Crippen LogP) is 3.35. The van der Waals surface area contributed by atoms with Gasteiger partial charge >= 0.3 is 0 Å². The molecular formula is C15H23N3OS. The highest BCUT2D eigenvalue weighted by molar-refractivity contribution is 7.15. The minimum atomic E-state index is 0.755. The van der Waals surface area contributed by atoms with E-state index in [1.165, 1.54) is 10.6 Å². The van der Waals surface area contributed by atoms with E-state index >= 15 is 0 Å². The van der Waals surface area contributed by atoms with E-state index in [9.17, 15) is 0 Å². The van der Waals surface area contributed by atoms with E-state index in [1.807, 2.05) is 19.1 Å². The molecule has 0 fully saturated rings. The highest BCUT2D eigenvalue weighted by Gasteiger charge is 2.13. The van der Waals surface area contributed by atoms with Crippen molar-refractivity contribution in [1.29, 1.82) is 0 Å². The Labute approximate surface area is 124 Å². The van der Waals surface area contributed by atoms with Crippen LogP contribution in [0, 0.1) is 6.92 Å². The first kappa shape index (κ1) is 15.1. The summed E-state index contributed by atoms with van der Waals surface area (Å²) in [7, 11) is 2.06.